The van der Waals surface area contributed by atoms with Crippen LogP contribution in [0.2, 0.25) is 0 Å². The van der Waals surface area contributed by atoms with E-state index in [1.165, 1.54) is 5.56 Å². The Labute approximate surface area is 158 Å². The summed E-state index contributed by atoms with van der Waals surface area (Å²) in [5.41, 5.74) is 3.72. The second-order valence-corrected chi connectivity index (χ2v) is 6.81. The van der Waals surface area contributed by atoms with E-state index in [1.807, 2.05) is 46.8 Å². The molecule has 1 saturated heterocycles. The SMILES string of the molecule is COCCNc1nc2cc(C(=O)N3CC(c4ccncc4)C3)ccc2n1C. The van der Waals surface area contributed by atoms with Crippen LogP contribution in [0.15, 0.2) is 42.7 Å². The minimum atomic E-state index is 0.0572. The van der Waals surface area contributed by atoms with Gasteiger partial charge in [0, 0.05) is 57.7 Å². The van der Waals surface area contributed by atoms with E-state index in [0.717, 1.165) is 30.1 Å². The largest absolute Gasteiger partial charge is 0.383 e. The van der Waals surface area contributed by atoms with Gasteiger partial charge in [-0.25, -0.2) is 4.98 Å². The molecule has 0 atom stereocenters. The molecule has 1 fully saturated rings. The van der Waals surface area contributed by atoms with Crippen molar-refractivity contribution in [2.75, 3.05) is 38.7 Å². The van der Waals surface area contributed by atoms with E-state index in [1.54, 1.807) is 19.5 Å². The summed E-state index contributed by atoms with van der Waals surface area (Å²) in [5.74, 6) is 1.22. The zero-order valence-electron chi connectivity index (χ0n) is 15.6. The minimum absolute atomic E-state index is 0.0572. The number of anilines is 1. The maximum absolute atomic E-state index is 12.8. The Hall–Kier alpha value is -2.93. The molecule has 0 unspecified atom stereocenters. The minimum Gasteiger partial charge on any atom is -0.383 e. The highest BCUT2D eigenvalue weighted by Gasteiger charge is 2.32. The van der Waals surface area contributed by atoms with Crippen LogP contribution in [0.4, 0.5) is 5.95 Å². The maximum Gasteiger partial charge on any atom is 0.253 e. The number of hydrogen-bond acceptors (Lipinski definition) is 5. The van der Waals surface area contributed by atoms with Gasteiger partial charge in [-0.05, 0) is 35.9 Å². The van der Waals surface area contributed by atoms with Gasteiger partial charge in [0.2, 0.25) is 5.95 Å². The molecule has 1 amide bonds. The van der Waals surface area contributed by atoms with Gasteiger partial charge in [-0.1, -0.05) is 0 Å². The summed E-state index contributed by atoms with van der Waals surface area (Å²) in [7, 11) is 3.63. The quantitative estimate of drug-likeness (QED) is 0.679. The third-order valence-electron chi connectivity index (χ3n) is 5.06. The van der Waals surface area contributed by atoms with Crippen LogP contribution in [0.3, 0.4) is 0 Å². The highest BCUT2D eigenvalue weighted by atomic mass is 16.5. The van der Waals surface area contributed by atoms with Crippen molar-refractivity contribution in [1.29, 1.82) is 0 Å². The summed E-state index contributed by atoms with van der Waals surface area (Å²) in [6.07, 6.45) is 3.60. The number of aryl methyl sites for hydroxylation is 1. The molecular formula is C20H23N5O2. The molecule has 7 heteroatoms. The Balaban J connectivity index is 1.47. The summed E-state index contributed by atoms with van der Waals surface area (Å²) in [4.78, 5) is 23.3. The number of imidazole rings is 1. The topological polar surface area (TPSA) is 72.3 Å². The molecule has 0 bridgehead atoms. The number of carbonyl (C=O) groups excluding carboxylic acids is 1. The molecule has 0 radical (unpaired) electrons. The standard InChI is InChI=1S/C20H23N5O2/c1-24-18-4-3-15(11-17(18)23-20(24)22-9-10-27-2)19(26)25-12-16(13-25)14-5-7-21-8-6-14/h3-8,11,16H,9-10,12-13H2,1-2H3,(H,22,23). The van der Waals surface area contributed by atoms with Gasteiger partial charge in [0.05, 0.1) is 17.6 Å². The molecule has 4 rings (SSSR count). The van der Waals surface area contributed by atoms with E-state index in [2.05, 4.69) is 15.3 Å². The van der Waals surface area contributed by atoms with E-state index in [-0.39, 0.29) is 5.91 Å². The van der Waals surface area contributed by atoms with Crippen LogP contribution in [0.5, 0.6) is 0 Å². The first kappa shape index (κ1) is 17.5. The Bertz CT molecular complexity index is 948. The van der Waals surface area contributed by atoms with Crippen LogP contribution in [0, 0.1) is 0 Å². The van der Waals surface area contributed by atoms with Gasteiger partial charge in [0.25, 0.3) is 5.91 Å². The summed E-state index contributed by atoms with van der Waals surface area (Å²) < 4.78 is 7.05. The van der Waals surface area contributed by atoms with Crippen molar-refractivity contribution in [3.63, 3.8) is 0 Å². The van der Waals surface area contributed by atoms with Crippen LogP contribution in [0.1, 0.15) is 21.8 Å². The van der Waals surface area contributed by atoms with Gasteiger partial charge >= 0.3 is 0 Å². The van der Waals surface area contributed by atoms with Gasteiger partial charge in [-0.2, -0.15) is 0 Å². The van der Waals surface area contributed by atoms with Gasteiger partial charge in [0.15, 0.2) is 0 Å². The number of carbonyl (C=O) groups is 1. The molecule has 3 aromatic rings. The third kappa shape index (κ3) is 3.38. The van der Waals surface area contributed by atoms with Crippen molar-refractivity contribution >= 4 is 22.9 Å². The van der Waals surface area contributed by atoms with Crippen molar-refractivity contribution in [3.8, 4) is 0 Å². The highest BCUT2D eigenvalue weighted by Crippen LogP contribution is 2.28. The lowest BCUT2D eigenvalue weighted by atomic mass is 9.91. The molecule has 1 aromatic carbocycles. The highest BCUT2D eigenvalue weighted by molar-refractivity contribution is 5.98. The van der Waals surface area contributed by atoms with E-state index < -0.39 is 0 Å². The molecule has 27 heavy (non-hydrogen) atoms. The van der Waals surface area contributed by atoms with Crippen molar-refractivity contribution < 1.29 is 9.53 Å². The van der Waals surface area contributed by atoms with Gasteiger partial charge in [0.1, 0.15) is 0 Å². The summed E-state index contributed by atoms with van der Waals surface area (Å²) >= 11 is 0. The Morgan fingerprint density at radius 3 is 2.78 bits per heavy atom. The first-order valence-electron chi connectivity index (χ1n) is 9.06. The maximum atomic E-state index is 12.8. The van der Waals surface area contributed by atoms with Crippen molar-refractivity contribution in [1.82, 2.24) is 19.4 Å². The summed E-state index contributed by atoms with van der Waals surface area (Å²) in [5, 5.41) is 3.25. The number of pyridine rings is 1. The van der Waals surface area contributed by atoms with Gasteiger partial charge in [-0.3, -0.25) is 9.78 Å². The fourth-order valence-electron chi connectivity index (χ4n) is 3.43. The lowest BCUT2D eigenvalue weighted by Gasteiger charge is -2.39. The van der Waals surface area contributed by atoms with Crippen molar-refractivity contribution in [2.45, 2.75) is 5.92 Å². The first-order valence-corrected chi connectivity index (χ1v) is 9.06. The molecule has 2 aromatic heterocycles. The number of methoxy groups -OCH3 is 1. The number of nitrogens with zero attached hydrogens (tertiary/aromatic N) is 4. The smallest absolute Gasteiger partial charge is 0.253 e. The predicted molar refractivity (Wildman–Crippen MR) is 104 cm³/mol. The van der Waals surface area contributed by atoms with E-state index in [4.69, 9.17) is 4.74 Å². The zero-order valence-corrected chi connectivity index (χ0v) is 15.6. The Morgan fingerprint density at radius 2 is 2.04 bits per heavy atom. The molecule has 3 heterocycles. The molecule has 140 valence electrons. The molecule has 0 saturated carbocycles. The molecular weight excluding hydrogens is 342 g/mol. The summed E-state index contributed by atoms with van der Waals surface area (Å²) in [6.45, 7) is 2.78. The number of amides is 1. The number of aromatic nitrogens is 3. The predicted octanol–water partition coefficient (Wildman–Crippen LogP) is 2.27. The van der Waals surface area contributed by atoms with Crippen LogP contribution in [-0.4, -0.2) is 58.7 Å². The number of nitrogens with one attached hydrogen (secondary N) is 1. The first-order chi connectivity index (χ1) is 13.2. The average molecular weight is 365 g/mol. The zero-order chi connectivity index (χ0) is 18.8. The van der Waals surface area contributed by atoms with Gasteiger partial charge < -0.3 is 19.5 Å². The van der Waals surface area contributed by atoms with Crippen LogP contribution in [0.25, 0.3) is 11.0 Å². The van der Waals surface area contributed by atoms with E-state index in [9.17, 15) is 4.79 Å². The molecule has 1 aliphatic rings. The van der Waals surface area contributed by atoms with E-state index in [0.29, 0.717) is 24.6 Å². The molecule has 1 aliphatic heterocycles. The second kappa shape index (κ2) is 7.36. The molecule has 0 aliphatic carbocycles. The normalized spacial score (nSPS) is 14.4. The molecule has 1 N–H and O–H groups in total. The fraction of sp³-hybridized carbons (Fsp3) is 0.350. The summed E-state index contributed by atoms with van der Waals surface area (Å²) in [6, 6.07) is 9.75. The van der Waals surface area contributed by atoms with Crippen LogP contribution >= 0.6 is 0 Å². The van der Waals surface area contributed by atoms with E-state index >= 15 is 0 Å². The Kier molecular flexibility index (Phi) is 4.77. The van der Waals surface area contributed by atoms with Crippen molar-refractivity contribution in [3.05, 3.63) is 53.9 Å². The van der Waals surface area contributed by atoms with Gasteiger partial charge in [-0.15, -0.1) is 0 Å². The number of ether oxygens (including phenoxy) is 1. The monoisotopic (exact) mass is 365 g/mol. The second-order valence-electron chi connectivity index (χ2n) is 6.81. The number of fused-ring (bicyclic) bond motifs is 1. The fourth-order valence-corrected chi connectivity index (χ4v) is 3.43. The number of hydrogen-bond donors (Lipinski definition) is 1. The van der Waals surface area contributed by atoms with Crippen molar-refractivity contribution in [2.24, 2.45) is 7.05 Å². The number of likely N-dealkylation sites (tertiary alicyclic amines) is 1. The number of benzene rings is 1. The lowest BCUT2D eigenvalue weighted by Crippen LogP contribution is -2.48. The lowest BCUT2D eigenvalue weighted by molar-refractivity contribution is 0.0602. The molecule has 7 nitrogen and oxygen atoms in total. The molecule has 0 spiro atoms. The number of rotatable bonds is 6. The van der Waals surface area contributed by atoms with Crippen LogP contribution in [-0.2, 0) is 11.8 Å². The Morgan fingerprint density at radius 1 is 1.26 bits per heavy atom. The average Bonchev–Trinajstić information content (AvgIpc) is 2.97. The third-order valence-corrected chi connectivity index (χ3v) is 5.06. The van der Waals surface area contributed by atoms with Crippen LogP contribution < -0.4 is 5.32 Å².